The number of nitro groups is 1. The average molecular weight is 309 g/mol. The van der Waals surface area contributed by atoms with Crippen LogP contribution in [-0.4, -0.2) is 28.7 Å². The monoisotopic (exact) mass is 309 g/mol. The van der Waals surface area contributed by atoms with E-state index in [1.54, 1.807) is 0 Å². The van der Waals surface area contributed by atoms with Crippen LogP contribution in [0.5, 0.6) is 0 Å². The lowest BCUT2D eigenvalue weighted by Crippen LogP contribution is -2.49. The lowest BCUT2D eigenvalue weighted by atomic mass is 10.1. The molecule has 0 aliphatic rings. The molecule has 0 aromatic heterocycles. The first-order chi connectivity index (χ1) is 10.3. The minimum absolute atomic E-state index is 0.0168. The molecule has 118 valence electrons. The molecular formula is C12H15N5O5. The quantitative estimate of drug-likeness (QED) is 0.216. The van der Waals surface area contributed by atoms with E-state index in [0.29, 0.717) is 0 Å². The van der Waals surface area contributed by atoms with E-state index >= 15 is 0 Å². The second-order valence-electron chi connectivity index (χ2n) is 4.34. The van der Waals surface area contributed by atoms with Crippen LogP contribution in [0.1, 0.15) is 23.2 Å². The third-order valence-corrected chi connectivity index (χ3v) is 2.78. The first-order valence-electron chi connectivity index (χ1n) is 6.19. The average Bonchev–Trinajstić information content (AvgIpc) is 2.50. The van der Waals surface area contributed by atoms with Crippen molar-refractivity contribution in [1.29, 1.82) is 0 Å². The number of nitro benzene ring substituents is 1. The summed E-state index contributed by atoms with van der Waals surface area (Å²) in [6.07, 6.45) is -0.129. The molecule has 1 atom stereocenters. The summed E-state index contributed by atoms with van der Waals surface area (Å²) in [5, 5.41) is 12.9. The number of carbonyl (C=O) groups is 3. The Kier molecular flexibility index (Phi) is 5.96. The van der Waals surface area contributed by atoms with Gasteiger partial charge in [0, 0.05) is 24.1 Å². The van der Waals surface area contributed by atoms with Crippen LogP contribution in [-0.2, 0) is 9.59 Å². The van der Waals surface area contributed by atoms with Crippen LogP contribution >= 0.6 is 0 Å². The van der Waals surface area contributed by atoms with Crippen LogP contribution in [0.4, 0.5) is 5.69 Å². The van der Waals surface area contributed by atoms with Gasteiger partial charge in [-0.05, 0) is 18.6 Å². The molecular weight excluding hydrogens is 294 g/mol. The van der Waals surface area contributed by atoms with Crippen LogP contribution in [0.25, 0.3) is 0 Å². The van der Waals surface area contributed by atoms with Crippen LogP contribution in [0.3, 0.4) is 0 Å². The van der Waals surface area contributed by atoms with Gasteiger partial charge >= 0.3 is 0 Å². The predicted molar refractivity (Wildman–Crippen MR) is 75.1 cm³/mol. The molecule has 22 heavy (non-hydrogen) atoms. The molecule has 10 heteroatoms. The number of nitrogens with one attached hydrogen (secondary N) is 2. The molecule has 0 radical (unpaired) electrons. The number of hydrazine groups is 1. The molecule has 1 unspecified atom stereocenters. The zero-order chi connectivity index (χ0) is 16.7. The molecule has 3 amide bonds. The van der Waals surface area contributed by atoms with Crippen molar-refractivity contribution in [3.05, 3.63) is 39.9 Å². The van der Waals surface area contributed by atoms with Gasteiger partial charge in [0.1, 0.15) is 6.04 Å². The Morgan fingerprint density at radius 3 is 2.27 bits per heavy atom. The van der Waals surface area contributed by atoms with E-state index in [1.807, 2.05) is 5.43 Å². The fourth-order valence-corrected chi connectivity index (χ4v) is 1.63. The van der Waals surface area contributed by atoms with Gasteiger partial charge < -0.3 is 11.1 Å². The van der Waals surface area contributed by atoms with Crippen molar-refractivity contribution in [3.8, 4) is 0 Å². The summed E-state index contributed by atoms with van der Waals surface area (Å²) in [6, 6.07) is 3.78. The van der Waals surface area contributed by atoms with Crippen molar-refractivity contribution in [2.75, 3.05) is 0 Å². The molecule has 0 spiro atoms. The highest BCUT2D eigenvalue weighted by atomic mass is 16.6. The molecule has 0 aliphatic carbocycles. The molecule has 0 saturated carbocycles. The van der Waals surface area contributed by atoms with E-state index in [1.165, 1.54) is 12.1 Å². The van der Waals surface area contributed by atoms with Gasteiger partial charge in [-0.15, -0.1) is 0 Å². The molecule has 0 fully saturated rings. The summed E-state index contributed by atoms with van der Waals surface area (Å²) in [5.74, 6) is 3.06. The van der Waals surface area contributed by atoms with E-state index in [2.05, 4.69) is 5.32 Å². The second-order valence-corrected chi connectivity index (χ2v) is 4.34. The van der Waals surface area contributed by atoms with Crippen LogP contribution < -0.4 is 22.3 Å². The maximum Gasteiger partial charge on any atom is 0.269 e. The molecule has 1 aromatic carbocycles. The molecule has 1 rings (SSSR count). The fourth-order valence-electron chi connectivity index (χ4n) is 1.63. The van der Waals surface area contributed by atoms with Gasteiger partial charge in [0.15, 0.2) is 0 Å². The fraction of sp³-hybridized carbons (Fsp3) is 0.250. The highest BCUT2D eigenvalue weighted by Crippen LogP contribution is 2.12. The minimum Gasteiger partial charge on any atom is -0.370 e. The van der Waals surface area contributed by atoms with Gasteiger partial charge in [-0.1, -0.05) is 0 Å². The number of benzene rings is 1. The van der Waals surface area contributed by atoms with Crippen LogP contribution in [0, 0.1) is 10.1 Å². The largest absolute Gasteiger partial charge is 0.370 e. The number of primary amides is 1. The standard InChI is InChI=1S/C12H15N5O5/c13-10(18)6-5-9(12(20)16-14)15-11(19)7-1-3-8(4-2-7)17(21)22/h1-4,9H,5-6,14H2,(H2,13,18)(H,15,19)(H,16,20). The molecule has 0 aliphatic heterocycles. The number of nitrogens with two attached hydrogens (primary N) is 2. The molecule has 1 aromatic rings. The molecule has 0 saturated heterocycles. The van der Waals surface area contributed by atoms with E-state index in [0.717, 1.165) is 12.1 Å². The Balaban J connectivity index is 2.78. The Labute approximate surface area is 125 Å². The number of carbonyl (C=O) groups excluding carboxylic acids is 3. The number of rotatable bonds is 7. The van der Waals surface area contributed by atoms with E-state index in [9.17, 15) is 24.5 Å². The predicted octanol–water partition coefficient (Wildman–Crippen LogP) is -1.05. The zero-order valence-electron chi connectivity index (χ0n) is 11.4. The van der Waals surface area contributed by atoms with Crippen molar-refractivity contribution in [1.82, 2.24) is 10.7 Å². The van der Waals surface area contributed by atoms with Crippen LogP contribution in [0.2, 0.25) is 0 Å². The first-order valence-corrected chi connectivity index (χ1v) is 6.19. The number of non-ortho nitro benzene ring substituents is 1. The van der Waals surface area contributed by atoms with Crippen molar-refractivity contribution in [2.45, 2.75) is 18.9 Å². The third-order valence-electron chi connectivity index (χ3n) is 2.78. The molecule has 6 N–H and O–H groups in total. The van der Waals surface area contributed by atoms with Gasteiger partial charge in [0.05, 0.1) is 4.92 Å². The lowest BCUT2D eigenvalue weighted by molar-refractivity contribution is -0.384. The van der Waals surface area contributed by atoms with Crippen LogP contribution in [0.15, 0.2) is 24.3 Å². The van der Waals surface area contributed by atoms with Gasteiger partial charge in [0.25, 0.3) is 17.5 Å². The maximum atomic E-state index is 12.0. The first kappa shape index (κ1) is 17.0. The number of amides is 3. The zero-order valence-corrected chi connectivity index (χ0v) is 11.4. The van der Waals surface area contributed by atoms with Crippen molar-refractivity contribution < 1.29 is 19.3 Å². The Morgan fingerprint density at radius 2 is 1.82 bits per heavy atom. The summed E-state index contributed by atoms with van der Waals surface area (Å²) in [7, 11) is 0. The van der Waals surface area contributed by atoms with Gasteiger partial charge in [-0.3, -0.25) is 29.9 Å². The highest BCUT2D eigenvalue weighted by molar-refractivity contribution is 5.97. The topological polar surface area (TPSA) is 170 Å². The number of hydrogen-bond acceptors (Lipinski definition) is 6. The van der Waals surface area contributed by atoms with Crippen molar-refractivity contribution >= 4 is 23.4 Å². The summed E-state index contributed by atoms with van der Waals surface area (Å²) < 4.78 is 0. The minimum atomic E-state index is -1.04. The summed E-state index contributed by atoms with van der Waals surface area (Å²) in [4.78, 5) is 44.2. The SMILES string of the molecule is NNC(=O)C(CCC(N)=O)NC(=O)c1ccc([N+](=O)[O-])cc1. The van der Waals surface area contributed by atoms with E-state index in [-0.39, 0.29) is 24.1 Å². The molecule has 0 heterocycles. The van der Waals surface area contributed by atoms with Crippen molar-refractivity contribution in [3.63, 3.8) is 0 Å². The van der Waals surface area contributed by atoms with Gasteiger partial charge in [0.2, 0.25) is 5.91 Å². The normalized spacial score (nSPS) is 11.3. The maximum absolute atomic E-state index is 12.0. The second kappa shape index (κ2) is 7.69. The van der Waals surface area contributed by atoms with Gasteiger partial charge in [-0.25, -0.2) is 5.84 Å². The lowest BCUT2D eigenvalue weighted by Gasteiger charge is -2.16. The number of hydrogen-bond donors (Lipinski definition) is 4. The van der Waals surface area contributed by atoms with Crippen molar-refractivity contribution in [2.24, 2.45) is 11.6 Å². The summed E-state index contributed by atoms with van der Waals surface area (Å²) in [6.45, 7) is 0. The summed E-state index contributed by atoms with van der Waals surface area (Å²) >= 11 is 0. The van der Waals surface area contributed by atoms with E-state index < -0.39 is 28.7 Å². The Morgan fingerprint density at radius 1 is 1.23 bits per heavy atom. The Bertz CT molecular complexity index is 586. The third kappa shape index (κ3) is 4.83. The summed E-state index contributed by atoms with van der Waals surface area (Å²) in [5.41, 5.74) is 6.82. The van der Waals surface area contributed by atoms with E-state index in [4.69, 9.17) is 11.6 Å². The highest BCUT2D eigenvalue weighted by Gasteiger charge is 2.21. The smallest absolute Gasteiger partial charge is 0.269 e. The molecule has 10 nitrogen and oxygen atoms in total. The Hall–Kier alpha value is -3.01. The number of nitrogens with zero attached hydrogens (tertiary/aromatic N) is 1. The van der Waals surface area contributed by atoms with Gasteiger partial charge in [-0.2, -0.15) is 0 Å². The molecule has 0 bridgehead atoms.